The molecule has 1 rings (SSSR count). The van der Waals surface area contributed by atoms with Gasteiger partial charge >= 0.3 is 0 Å². The third kappa shape index (κ3) is 3.97. The lowest BCUT2D eigenvalue weighted by Gasteiger charge is -2.00. The van der Waals surface area contributed by atoms with E-state index >= 15 is 0 Å². The zero-order valence-electron chi connectivity index (χ0n) is 10.0. The molecule has 0 N–H and O–H groups in total. The van der Waals surface area contributed by atoms with E-state index in [0.717, 1.165) is 16.0 Å². The lowest BCUT2D eigenvalue weighted by Crippen LogP contribution is -1.82. The minimum atomic E-state index is 0.657. The van der Waals surface area contributed by atoms with Gasteiger partial charge in [0.25, 0.3) is 0 Å². The summed E-state index contributed by atoms with van der Waals surface area (Å²) in [5, 5.41) is 9.17. The molecule has 0 radical (unpaired) electrons. The first-order chi connectivity index (χ1) is 8.21. The van der Waals surface area contributed by atoms with Crippen LogP contribution in [-0.2, 0) is 0 Å². The van der Waals surface area contributed by atoms with E-state index in [1.165, 1.54) is 0 Å². The molecule has 0 spiro atoms. The van der Waals surface area contributed by atoms with Gasteiger partial charge in [-0.1, -0.05) is 30.4 Å². The minimum Gasteiger partial charge on any atom is -0.192 e. The van der Waals surface area contributed by atoms with E-state index in [2.05, 4.69) is 18.7 Å². The number of benzene rings is 1. The zero-order chi connectivity index (χ0) is 12.7. The molecular weight excluding hydrogens is 226 g/mol. The van der Waals surface area contributed by atoms with Crippen LogP contribution in [0.1, 0.15) is 19.4 Å². The summed E-state index contributed by atoms with van der Waals surface area (Å²) in [6.07, 6.45) is 7.79. The lowest BCUT2D eigenvalue weighted by molar-refractivity contribution is 1.44. The Morgan fingerprint density at radius 3 is 2.35 bits per heavy atom. The Labute approximate surface area is 108 Å². The number of thiol groups is 1. The molecule has 0 heterocycles. The van der Waals surface area contributed by atoms with Gasteiger partial charge in [0.1, 0.15) is 0 Å². The first-order valence-corrected chi connectivity index (χ1v) is 5.86. The van der Waals surface area contributed by atoms with Crippen LogP contribution < -0.4 is 0 Å². The topological polar surface area (TPSA) is 23.8 Å². The van der Waals surface area contributed by atoms with Crippen LogP contribution in [0.25, 0.3) is 5.57 Å². The zero-order valence-corrected chi connectivity index (χ0v) is 10.9. The molecule has 0 aliphatic carbocycles. The summed E-state index contributed by atoms with van der Waals surface area (Å²) in [7, 11) is 0. The maximum Gasteiger partial charge on any atom is 0.0998 e. The second-order valence-corrected chi connectivity index (χ2v) is 4.02. The molecule has 0 saturated heterocycles. The SMILES string of the molecule is C\C=C/C(/C=C(\C#N)c1ccc(S)cc1)=C\C. The van der Waals surface area contributed by atoms with Gasteiger partial charge in [-0.05, 0) is 43.2 Å². The van der Waals surface area contributed by atoms with Gasteiger partial charge in [-0.25, -0.2) is 0 Å². The number of nitrogens with zero attached hydrogens (tertiary/aromatic N) is 1. The molecule has 0 aliphatic rings. The van der Waals surface area contributed by atoms with Crippen molar-refractivity contribution in [2.45, 2.75) is 18.7 Å². The monoisotopic (exact) mass is 241 g/mol. The fraction of sp³-hybridized carbons (Fsp3) is 0.133. The fourth-order valence-electron chi connectivity index (χ4n) is 1.41. The van der Waals surface area contributed by atoms with E-state index in [4.69, 9.17) is 0 Å². The van der Waals surface area contributed by atoms with E-state index in [0.29, 0.717) is 5.57 Å². The van der Waals surface area contributed by atoms with Gasteiger partial charge in [0.15, 0.2) is 0 Å². The molecule has 1 nitrogen and oxygen atoms in total. The van der Waals surface area contributed by atoms with Crippen molar-refractivity contribution in [2.24, 2.45) is 0 Å². The normalized spacial score (nSPS) is 12.8. The molecule has 0 fully saturated rings. The first kappa shape index (κ1) is 13.3. The smallest absolute Gasteiger partial charge is 0.0998 e. The highest BCUT2D eigenvalue weighted by Crippen LogP contribution is 2.18. The molecule has 1 aromatic rings. The molecule has 1 aromatic carbocycles. The predicted molar refractivity (Wildman–Crippen MR) is 75.9 cm³/mol. The second-order valence-electron chi connectivity index (χ2n) is 3.51. The van der Waals surface area contributed by atoms with Gasteiger partial charge in [-0.3, -0.25) is 0 Å². The fourth-order valence-corrected chi connectivity index (χ4v) is 1.56. The quantitative estimate of drug-likeness (QED) is 0.473. The summed E-state index contributed by atoms with van der Waals surface area (Å²) in [6, 6.07) is 9.80. The molecule has 0 atom stereocenters. The van der Waals surface area contributed by atoms with Crippen LogP contribution in [0.3, 0.4) is 0 Å². The number of rotatable bonds is 3. The molecule has 86 valence electrons. The molecule has 2 heteroatoms. The highest BCUT2D eigenvalue weighted by molar-refractivity contribution is 7.80. The predicted octanol–water partition coefficient (Wildman–Crippen LogP) is 4.40. The molecule has 0 unspecified atom stereocenters. The molecule has 0 aromatic heterocycles. The summed E-state index contributed by atoms with van der Waals surface area (Å²) in [4.78, 5) is 0.894. The number of hydrogen-bond acceptors (Lipinski definition) is 2. The van der Waals surface area contributed by atoms with Crippen molar-refractivity contribution < 1.29 is 0 Å². The number of hydrogen-bond donors (Lipinski definition) is 1. The average Bonchev–Trinajstić information content (AvgIpc) is 2.36. The van der Waals surface area contributed by atoms with Crippen LogP contribution >= 0.6 is 12.6 Å². The maximum absolute atomic E-state index is 9.17. The van der Waals surface area contributed by atoms with Gasteiger partial charge in [0.05, 0.1) is 11.6 Å². The highest BCUT2D eigenvalue weighted by atomic mass is 32.1. The standard InChI is InChI=1S/C15H15NS/c1-3-5-12(4-2)10-14(11-16)13-6-8-15(17)9-7-13/h3-10,17H,1-2H3/b5-3-,12-4+,14-10+. The molecule has 0 saturated carbocycles. The van der Waals surface area contributed by atoms with Crippen LogP contribution in [-0.4, -0.2) is 0 Å². The average molecular weight is 241 g/mol. The van der Waals surface area contributed by atoms with Crippen molar-refractivity contribution in [3.63, 3.8) is 0 Å². The van der Waals surface area contributed by atoms with Crippen LogP contribution in [0.15, 0.2) is 59.0 Å². The van der Waals surface area contributed by atoms with Gasteiger partial charge < -0.3 is 0 Å². The van der Waals surface area contributed by atoms with Crippen LogP contribution in [0.5, 0.6) is 0 Å². The Morgan fingerprint density at radius 1 is 1.24 bits per heavy atom. The number of allylic oxidation sites excluding steroid dienone is 6. The highest BCUT2D eigenvalue weighted by Gasteiger charge is 2.00. The van der Waals surface area contributed by atoms with Gasteiger partial charge in [-0.15, -0.1) is 12.6 Å². The minimum absolute atomic E-state index is 0.657. The molecular formula is C15H15NS. The van der Waals surface area contributed by atoms with Crippen molar-refractivity contribution >= 4 is 18.2 Å². The van der Waals surface area contributed by atoms with E-state index in [9.17, 15) is 5.26 Å². The Bertz CT molecular complexity index is 499. The molecule has 0 amide bonds. The Kier molecular flexibility index (Phi) is 5.32. The van der Waals surface area contributed by atoms with E-state index in [-0.39, 0.29) is 0 Å². The van der Waals surface area contributed by atoms with Gasteiger partial charge in [-0.2, -0.15) is 5.26 Å². The third-order valence-electron chi connectivity index (χ3n) is 2.30. The van der Waals surface area contributed by atoms with Gasteiger partial charge in [0.2, 0.25) is 0 Å². The van der Waals surface area contributed by atoms with Crippen molar-refractivity contribution in [2.75, 3.05) is 0 Å². The van der Waals surface area contributed by atoms with E-state index in [1.54, 1.807) is 0 Å². The Balaban J connectivity index is 3.12. The largest absolute Gasteiger partial charge is 0.192 e. The summed E-state index contributed by atoms with van der Waals surface area (Å²) in [5.41, 5.74) is 2.60. The van der Waals surface area contributed by atoms with Crippen molar-refractivity contribution in [1.29, 1.82) is 5.26 Å². The summed E-state index contributed by atoms with van der Waals surface area (Å²) < 4.78 is 0. The molecule has 0 bridgehead atoms. The van der Waals surface area contributed by atoms with Crippen molar-refractivity contribution in [1.82, 2.24) is 0 Å². The van der Waals surface area contributed by atoms with E-state index in [1.807, 2.05) is 62.4 Å². The Hall–Kier alpha value is -1.72. The molecule has 17 heavy (non-hydrogen) atoms. The van der Waals surface area contributed by atoms with Crippen molar-refractivity contribution in [3.05, 3.63) is 59.7 Å². The third-order valence-corrected chi connectivity index (χ3v) is 2.60. The summed E-state index contributed by atoms with van der Waals surface area (Å²) in [5.74, 6) is 0. The second kappa shape index (κ2) is 6.78. The Morgan fingerprint density at radius 2 is 1.88 bits per heavy atom. The van der Waals surface area contributed by atoms with Crippen LogP contribution in [0, 0.1) is 11.3 Å². The van der Waals surface area contributed by atoms with Crippen LogP contribution in [0.4, 0.5) is 0 Å². The molecule has 0 aliphatic heterocycles. The number of nitriles is 1. The van der Waals surface area contributed by atoms with Crippen LogP contribution in [0.2, 0.25) is 0 Å². The lowest BCUT2D eigenvalue weighted by atomic mass is 10.0. The van der Waals surface area contributed by atoms with E-state index < -0.39 is 0 Å². The maximum atomic E-state index is 9.17. The van der Waals surface area contributed by atoms with Crippen molar-refractivity contribution in [3.8, 4) is 6.07 Å². The van der Waals surface area contributed by atoms with Gasteiger partial charge in [0, 0.05) is 4.90 Å². The summed E-state index contributed by atoms with van der Waals surface area (Å²) >= 11 is 4.23. The summed E-state index contributed by atoms with van der Waals surface area (Å²) in [6.45, 7) is 3.91. The first-order valence-electron chi connectivity index (χ1n) is 5.41.